The van der Waals surface area contributed by atoms with Crippen LogP contribution in [0.1, 0.15) is 41.7 Å². The van der Waals surface area contributed by atoms with E-state index < -0.39 is 0 Å². The number of aliphatic hydroxyl groups is 1. The van der Waals surface area contributed by atoms with Crippen LogP contribution in [0.15, 0.2) is 42.5 Å². The van der Waals surface area contributed by atoms with E-state index >= 15 is 0 Å². The summed E-state index contributed by atoms with van der Waals surface area (Å²) in [6.07, 6.45) is 1.37. The lowest BCUT2D eigenvalue weighted by Gasteiger charge is -2.39. The molecule has 6 nitrogen and oxygen atoms in total. The van der Waals surface area contributed by atoms with Crippen molar-refractivity contribution in [3.05, 3.63) is 53.6 Å². The number of anilines is 1. The summed E-state index contributed by atoms with van der Waals surface area (Å²) in [5.41, 5.74) is 4.82. The Balaban J connectivity index is 1.71. The number of hydrogen-bond donors (Lipinski definition) is 2. The first-order valence-corrected chi connectivity index (χ1v) is 10.6. The minimum Gasteiger partial charge on any atom is -0.394 e. The van der Waals surface area contributed by atoms with Gasteiger partial charge in [-0.05, 0) is 47.4 Å². The van der Waals surface area contributed by atoms with Crippen LogP contribution in [0, 0.1) is 5.92 Å². The van der Waals surface area contributed by atoms with Crippen molar-refractivity contribution in [2.24, 2.45) is 5.92 Å². The molecule has 2 amide bonds. The number of hydrogen-bond acceptors (Lipinski definition) is 4. The molecule has 1 fully saturated rings. The molecular weight excluding hydrogens is 378 g/mol. The molecule has 2 aliphatic rings. The lowest BCUT2D eigenvalue weighted by molar-refractivity contribution is -0.132. The third-order valence-corrected chi connectivity index (χ3v) is 6.36. The van der Waals surface area contributed by atoms with Crippen molar-refractivity contribution in [1.82, 2.24) is 9.80 Å². The first-order chi connectivity index (χ1) is 14.4. The first-order valence-electron chi connectivity index (χ1n) is 10.6. The van der Waals surface area contributed by atoms with Gasteiger partial charge in [0.15, 0.2) is 0 Å². The van der Waals surface area contributed by atoms with Crippen molar-refractivity contribution in [2.75, 3.05) is 32.6 Å². The zero-order chi connectivity index (χ0) is 21.4. The van der Waals surface area contributed by atoms with Crippen LogP contribution in [0.3, 0.4) is 0 Å². The van der Waals surface area contributed by atoms with E-state index in [9.17, 15) is 14.7 Å². The molecule has 2 aliphatic heterocycles. The number of carbonyl (C=O) groups excluding carboxylic acids is 2. The van der Waals surface area contributed by atoms with Crippen molar-refractivity contribution in [1.29, 1.82) is 0 Å². The molecule has 0 radical (unpaired) electrons. The summed E-state index contributed by atoms with van der Waals surface area (Å²) in [5, 5.41) is 13.4. The van der Waals surface area contributed by atoms with Gasteiger partial charge in [-0.1, -0.05) is 25.1 Å². The zero-order valence-corrected chi connectivity index (χ0v) is 17.8. The van der Waals surface area contributed by atoms with Crippen molar-refractivity contribution >= 4 is 17.5 Å². The Bertz CT molecular complexity index is 955. The van der Waals surface area contributed by atoms with Gasteiger partial charge in [0, 0.05) is 44.2 Å². The highest BCUT2D eigenvalue weighted by atomic mass is 16.3. The van der Waals surface area contributed by atoms with Gasteiger partial charge in [-0.25, -0.2) is 0 Å². The number of amides is 2. The number of benzene rings is 2. The smallest absolute Gasteiger partial charge is 0.253 e. The largest absolute Gasteiger partial charge is 0.394 e. The second kappa shape index (κ2) is 8.11. The molecule has 158 valence electrons. The predicted molar refractivity (Wildman–Crippen MR) is 117 cm³/mol. The number of rotatable bonds is 4. The third-order valence-electron chi connectivity index (χ3n) is 6.36. The van der Waals surface area contributed by atoms with Gasteiger partial charge in [0.05, 0.1) is 18.7 Å². The predicted octanol–water partition coefficient (Wildman–Crippen LogP) is 3.14. The van der Waals surface area contributed by atoms with Crippen LogP contribution in [0.5, 0.6) is 0 Å². The zero-order valence-electron chi connectivity index (χ0n) is 17.8. The SMILES string of the molecule is CCC(=O)N1CC[C@@H]2[C@H](CO)Nc3ccc(-c4ccc(C(=O)N(C)C)cc4)cc3[C@@H]21. The normalized spacial score (nSPS) is 22.1. The minimum atomic E-state index is -0.0423. The maximum atomic E-state index is 12.6. The molecule has 2 aromatic rings. The third kappa shape index (κ3) is 3.45. The van der Waals surface area contributed by atoms with E-state index in [1.807, 2.05) is 48.2 Å². The Morgan fingerprint density at radius 1 is 1.13 bits per heavy atom. The Labute approximate surface area is 177 Å². The molecule has 0 saturated carbocycles. The van der Waals surface area contributed by atoms with Gasteiger partial charge < -0.3 is 20.2 Å². The number of fused-ring (bicyclic) bond motifs is 3. The summed E-state index contributed by atoms with van der Waals surface area (Å²) >= 11 is 0. The summed E-state index contributed by atoms with van der Waals surface area (Å²) in [5.74, 6) is 0.339. The van der Waals surface area contributed by atoms with Crippen molar-refractivity contribution in [3.63, 3.8) is 0 Å². The second-order valence-electron chi connectivity index (χ2n) is 8.35. The highest BCUT2D eigenvalue weighted by Gasteiger charge is 2.45. The summed E-state index contributed by atoms with van der Waals surface area (Å²) in [6, 6.07) is 13.8. The Kier molecular flexibility index (Phi) is 5.52. The molecule has 1 saturated heterocycles. The molecule has 30 heavy (non-hydrogen) atoms. The highest BCUT2D eigenvalue weighted by Crippen LogP contribution is 2.47. The molecule has 0 unspecified atom stereocenters. The molecule has 0 spiro atoms. The average Bonchev–Trinajstić information content (AvgIpc) is 3.22. The fourth-order valence-corrected chi connectivity index (χ4v) is 4.79. The Hall–Kier alpha value is -2.86. The Morgan fingerprint density at radius 2 is 1.83 bits per heavy atom. The minimum absolute atomic E-state index is 0.0135. The summed E-state index contributed by atoms with van der Waals surface area (Å²) in [6.45, 7) is 2.68. The quantitative estimate of drug-likeness (QED) is 0.817. The molecule has 2 heterocycles. The van der Waals surface area contributed by atoms with Crippen LogP contribution >= 0.6 is 0 Å². The lowest BCUT2D eigenvalue weighted by Crippen LogP contribution is -2.42. The van der Waals surface area contributed by atoms with E-state index in [0.717, 1.165) is 35.3 Å². The maximum Gasteiger partial charge on any atom is 0.253 e. The van der Waals surface area contributed by atoms with Gasteiger partial charge >= 0.3 is 0 Å². The summed E-state index contributed by atoms with van der Waals surface area (Å²) in [4.78, 5) is 28.3. The van der Waals surface area contributed by atoms with Crippen LogP contribution in [0.4, 0.5) is 5.69 Å². The molecule has 0 aromatic heterocycles. The van der Waals surface area contributed by atoms with E-state index in [1.165, 1.54) is 0 Å². The van der Waals surface area contributed by atoms with E-state index in [4.69, 9.17) is 0 Å². The average molecular weight is 408 g/mol. The second-order valence-corrected chi connectivity index (χ2v) is 8.35. The monoisotopic (exact) mass is 407 g/mol. The molecule has 0 aliphatic carbocycles. The van der Waals surface area contributed by atoms with E-state index in [1.54, 1.807) is 19.0 Å². The molecule has 2 aromatic carbocycles. The van der Waals surface area contributed by atoms with Gasteiger partial charge in [0.2, 0.25) is 5.91 Å². The number of nitrogens with one attached hydrogen (secondary N) is 1. The number of nitrogens with zero attached hydrogens (tertiary/aromatic N) is 2. The molecule has 6 heteroatoms. The molecule has 0 bridgehead atoms. The maximum absolute atomic E-state index is 12.6. The van der Waals surface area contributed by atoms with Crippen LogP contribution in [-0.2, 0) is 4.79 Å². The van der Waals surface area contributed by atoms with E-state index in [-0.39, 0.29) is 36.4 Å². The lowest BCUT2D eigenvalue weighted by atomic mass is 9.82. The molecular formula is C24H29N3O3. The van der Waals surface area contributed by atoms with Gasteiger partial charge in [-0.2, -0.15) is 0 Å². The topological polar surface area (TPSA) is 72.9 Å². The van der Waals surface area contributed by atoms with Gasteiger partial charge in [0.25, 0.3) is 5.91 Å². The number of aliphatic hydroxyl groups excluding tert-OH is 1. The number of carbonyl (C=O) groups is 2. The molecule has 3 atom stereocenters. The van der Waals surface area contributed by atoms with Gasteiger partial charge in [-0.3, -0.25) is 9.59 Å². The van der Waals surface area contributed by atoms with Crippen LogP contribution in [-0.4, -0.2) is 60.0 Å². The van der Waals surface area contributed by atoms with Crippen molar-refractivity contribution in [2.45, 2.75) is 31.8 Å². The van der Waals surface area contributed by atoms with Crippen molar-refractivity contribution in [3.8, 4) is 11.1 Å². The van der Waals surface area contributed by atoms with Crippen LogP contribution in [0.25, 0.3) is 11.1 Å². The fraction of sp³-hybridized carbons (Fsp3) is 0.417. The fourth-order valence-electron chi connectivity index (χ4n) is 4.79. The van der Waals surface area contributed by atoms with Crippen LogP contribution in [0.2, 0.25) is 0 Å². The summed E-state index contributed by atoms with van der Waals surface area (Å²) in [7, 11) is 3.49. The van der Waals surface area contributed by atoms with Gasteiger partial charge in [0.1, 0.15) is 0 Å². The highest BCUT2D eigenvalue weighted by molar-refractivity contribution is 5.94. The summed E-state index contributed by atoms with van der Waals surface area (Å²) < 4.78 is 0. The van der Waals surface area contributed by atoms with Crippen molar-refractivity contribution < 1.29 is 14.7 Å². The van der Waals surface area contributed by atoms with Gasteiger partial charge in [-0.15, -0.1) is 0 Å². The van der Waals surface area contributed by atoms with Crippen LogP contribution < -0.4 is 5.32 Å². The first kappa shape index (κ1) is 20.4. The Morgan fingerprint density at radius 3 is 2.47 bits per heavy atom. The number of likely N-dealkylation sites (tertiary alicyclic amines) is 1. The standard InChI is InChI=1S/C24H29N3O3/c1-4-22(29)27-12-11-18-21(14-28)25-20-10-9-17(13-19(20)23(18)27)15-5-7-16(8-6-15)24(30)26(2)3/h5-10,13,18,21,23,25,28H,4,11-12,14H2,1-3H3/t18-,21+,23-/m1/s1. The molecule has 2 N–H and O–H groups in total. The van der Waals surface area contributed by atoms with E-state index in [2.05, 4.69) is 11.4 Å². The molecule has 4 rings (SSSR count). The van der Waals surface area contributed by atoms with E-state index in [0.29, 0.717) is 12.0 Å².